The molecule has 0 amide bonds. The Hall–Kier alpha value is -1.45. The molecule has 0 spiro atoms. The van der Waals surface area contributed by atoms with Gasteiger partial charge in [-0.05, 0) is 12.0 Å². The molecular weight excluding hydrogens is 252 g/mol. The SMILES string of the molecule is C=CCN(Cc1ccccc1)Cc1csc(CC)n1. The lowest BCUT2D eigenvalue weighted by atomic mass is 10.2. The summed E-state index contributed by atoms with van der Waals surface area (Å²) < 4.78 is 0. The maximum absolute atomic E-state index is 4.63. The number of nitrogens with zero attached hydrogens (tertiary/aromatic N) is 2. The van der Waals surface area contributed by atoms with Gasteiger partial charge in [-0.1, -0.05) is 43.3 Å². The van der Waals surface area contributed by atoms with Crippen molar-refractivity contribution in [3.05, 3.63) is 64.6 Å². The van der Waals surface area contributed by atoms with Crippen LogP contribution in [0.3, 0.4) is 0 Å². The highest BCUT2D eigenvalue weighted by Crippen LogP contribution is 2.14. The van der Waals surface area contributed by atoms with E-state index in [4.69, 9.17) is 0 Å². The number of benzene rings is 1. The molecule has 2 aromatic rings. The molecule has 0 saturated carbocycles. The first-order valence-electron chi connectivity index (χ1n) is 6.62. The summed E-state index contributed by atoms with van der Waals surface area (Å²) in [5.41, 5.74) is 2.50. The highest BCUT2D eigenvalue weighted by molar-refractivity contribution is 7.09. The molecule has 1 aromatic heterocycles. The number of aromatic nitrogens is 1. The largest absolute Gasteiger partial charge is 0.290 e. The molecule has 3 heteroatoms. The van der Waals surface area contributed by atoms with Gasteiger partial charge in [-0.25, -0.2) is 4.98 Å². The maximum Gasteiger partial charge on any atom is 0.0926 e. The Morgan fingerprint density at radius 2 is 2.05 bits per heavy atom. The lowest BCUT2D eigenvalue weighted by molar-refractivity contribution is 0.283. The van der Waals surface area contributed by atoms with Crippen LogP contribution in [0.1, 0.15) is 23.2 Å². The zero-order valence-electron chi connectivity index (χ0n) is 11.4. The predicted octanol–water partition coefficient (Wildman–Crippen LogP) is 3.89. The van der Waals surface area contributed by atoms with Crippen LogP contribution in [0.4, 0.5) is 0 Å². The van der Waals surface area contributed by atoms with Crippen molar-refractivity contribution >= 4 is 11.3 Å². The van der Waals surface area contributed by atoms with Crippen LogP contribution in [0.5, 0.6) is 0 Å². The van der Waals surface area contributed by atoms with E-state index in [1.54, 1.807) is 11.3 Å². The summed E-state index contributed by atoms with van der Waals surface area (Å²) in [4.78, 5) is 6.99. The monoisotopic (exact) mass is 272 g/mol. The number of hydrogen-bond acceptors (Lipinski definition) is 3. The van der Waals surface area contributed by atoms with Gasteiger partial charge in [0.15, 0.2) is 0 Å². The summed E-state index contributed by atoms with van der Waals surface area (Å²) in [5, 5.41) is 3.38. The van der Waals surface area contributed by atoms with Gasteiger partial charge in [-0.15, -0.1) is 17.9 Å². The molecule has 0 aliphatic rings. The molecule has 2 rings (SSSR count). The molecule has 0 N–H and O–H groups in total. The highest BCUT2D eigenvalue weighted by Gasteiger charge is 2.08. The Balaban J connectivity index is 2.01. The molecule has 0 saturated heterocycles. The molecule has 0 fully saturated rings. The minimum atomic E-state index is 0.883. The predicted molar refractivity (Wildman–Crippen MR) is 82.2 cm³/mol. The molecule has 0 aliphatic heterocycles. The van der Waals surface area contributed by atoms with Gasteiger partial charge in [0.25, 0.3) is 0 Å². The van der Waals surface area contributed by atoms with Crippen LogP contribution in [-0.4, -0.2) is 16.4 Å². The van der Waals surface area contributed by atoms with E-state index in [0.717, 1.165) is 26.1 Å². The average molecular weight is 272 g/mol. The van der Waals surface area contributed by atoms with Crippen LogP contribution in [0.15, 0.2) is 48.4 Å². The third-order valence-electron chi connectivity index (χ3n) is 2.92. The molecule has 1 aromatic carbocycles. The van der Waals surface area contributed by atoms with Gasteiger partial charge in [0.2, 0.25) is 0 Å². The lowest BCUT2D eigenvalue weighted by Crippen LogP contribution is -2.23. The van der Waals surface area contributed by atoms with E-state index in [0.29, 0.717) is 0 Å². The average Bonchev–Trinajstić information content (AvgIpc) is 2.88. The van der Waals surface area contributed by atoms with Crippen LogP contribution >= 0.6 is 11.3 Å². The second-order valence-corrected chi connectivity index (χ2v) is 5.47. The number of thiazole rings is 1. The van der Waals surface area contributed by atoms with Crippen molar-refractivity contribution in [3.63, 3.8) is 0 Å². The topological polar surface area (TPSA) is 16.1 Å². The van der Waals surface area contributed by atoms with Gasteiger partial charge in [-0.2, -0.15) is 0 Å². The third-order valence-corrected chi connectivity index (χ3v) is 3.97. The number of rotatable bonds is 7. The van der Waals surface area contributed by atoms with E-state index in [1.165, 1.54) is 16.3 Å². The van der Waals surface area contributed by atoms with Gasteiger partial charge < -0.3 is 0 Å². The first kappa shape index (κ1) is 14.0. The Bertz CT molecular complexity index is 504. The molecule has 0 aliphatic carbocycles. The van der Waals surface area contributed by atoms with E-state index >= 15 is 0 Å². The fraction of sp³-hybridized carbons (Fsp3) is 0.312. The Morgan fingerprint density at radius 1 is 1.26 bits per heavy atom. The normalized spacial score (nSPS) is 10.8. The second-order valence-electron chi connectivity index (χ2n) is 4.53. The Morgan fingerprint density at radius 3 is 2.68 bits per heavy atom. The van der Waals surface area contributed by atoms with Gasteiger partial charge in [0.05, 0.1) is 10.7 Å². The van der Waals surface area contributed by atoms with Crippen LogP contribution < -0.4 is 0 Å². The van der Waals surface area contributed by atoms with E-state index in [2.05, 4.69) is 59.1 Å². The molecule has 0 bridgehead atoms. The van der Waals surface area contributed by atoms with Gasteiger partial charge in [-0.3, -0.25) is 4.90 Å². The highest BCUT2D eigenvalue weighted by atomic mass is 32.1. The third kappa shape index (κ3) is 4.30. The first-order valence-corrected chi connectivity index (χ1v) is 7.50. The summed E-state index contributed by atoms with van der Waals surface area (Å²) in [6, 6.07) is 10.5. The molecule has 100 valence electrons. The summed E-state index contributed by atoms with van der Waals surface area (Å²) in [6.07, 6.45) is 2.97. The summed E-state index contributed by atoms with van der Waals surface area (Å²) in [6.45, 7) is 8.70. The van der Waals surface area contributed by atoms with E-state index in [1.807, 2.05) is 6.08 Å². The number of hydrogen-bond donors (Lipinski definition) is 0. The molecule has 0 radical (unpaired) electrons. The van der Waals surface area contributed by atoms with Crippen molar-refractivity contribution in [2.24, 2.45) is 0 Å². The summed E-state index contributed by atoms with van der Waals surface area (Å²) in [5.74, 6) is 0. The van der Waals surface area contributed by atoms with Crippen LogP contribution in [0.2, 0.25) is 0 Å². The van der Waals surface area contributed by atoms with Crippen molar-refractivity contribution in [3.8, 4) is 0 Å². The van der Waals surface area contributed by atoms with E-state index in [9.17, 15) is 0 Å². The van der Waals surface area contributed by atoms with Crippen molar-refractivity contribution in [2.75, 3.05) is 6.54 Å². The van der Waals surface area contributed by atoms with Crippen LogP contribution in [0, 0.1) is 0 Å². The quantitative estimate of drug-likeness (QED) is 0.711. The first-order chi connectivity index (χ1) is 9.31. The fourth-order valence-corrected chi connectivity index (χ4v) is 2.76. The summed E-state index contributed by atoms with van der Waals surface area (Å²) in [7, 11) is 0. The van der Waals surface area contributed by atoms with Crippen LogP contribution in [0.25, 0.3) is 0 Å². The van der Waals surface area contributed by atoms with E-state index < -0.39 is 0 Å². The zero-order chi connectivity index (χ0) is 13.5. The molecule has 1 heterocycles. The van der Waals surface area contributed by atoms with Crippen molar-refractivity contribution in [2.45, 2.75) is 26.4 Å². The van der Waals surface area contributed by atoms with Gasteiger partial charge >= 0.3 is 0 Å². The smallest absolute Gasteiger partial charge is 0.0926 e. The molecule has 2 nitrogen and oxygen atoms in total. The molecule has 19 heavy (non-hydrogen) atoms. The maximum atomic E-state index is 4.63. The Kier molecular flexibility index (Phi) is 5.31. The number of aryl methyl sites for hydroxylation is 1. The second kappa shape index (κ2) is 7.22. The lowest BCUT2D eigenvalue weighted by Gasteiger charge is -2.19. The molecular formula is C16H20N2S. The Labute approximate surface area is 119 Å². The van der Waals surface area contributed by atoms with Crippen molar-refractivity contribution in [1.82, 2.24) is 9.88 Å². The van der Waals surface area contributed by atoms with Crippen molar-refractivity contribution < 1.29 is 0 Å². The van der Waals surface area contributed by atoms with E-state index in [-0.39, 0.29) is 0 Å². The fourth-order valence-electron chi connectivity index (χ4n) is 2.02. The molecule has 0 atom stereocenters. The standard InChI is InChI=1S/C16H20N2S/c1-3-10-18(11-14-8-6-5-7-9-14)12-15-13-19-16(4-2)17-15/h3,5-9,13H,1,4,10-12H2,2H3. The molecule has 0 unspecified atom stereocenters. The van der Waals surface area contributed by atoms with Gasteiger partial charge in [0, 0.05) is 25.0 Å². The summed E-state index contributed by atoms with van der Waals surface area (Å²) >= 11 is 1.75. The van der Waals surface area contributed by atoms with Gasteiger partial charge in [0.1, 0.15) is 0 Å². The van der Waals surface area contributed by atoms with Crippen molar-refractivity contribution in [1.29, 1.82) is 0 Å². The van der Waals surface area contributed by atoms with Crippen LogP contribution in [-0.2, 0) is 19.5 Å². The minimum absolute atomic E-state index is 0.883. The zero-order valence-corrected chi connectivity index (χ0v) is 12.2. The minimum Gasteiger partial charge on any atom is -0.290 e.